The summed E-state index contributed by atoms with van der Waals surface area (Å²) in [5, 5.41) is 0. The van der Waals surface area contributed by atoms with Crippen LogP contribution in [-0.4, -0.2) is 32.8 Å². The van der Waals surface area contributed by atoms with Crippen LogP contribution in [0.1, 0.15) is 44.0 Å². The van der Waals surface area contributed by atoms with Crippen LogP contribution in [0, 0.1) is 5.41 Å². The Kier molecular flexibility index (Phi) is 5.51. The fourth-order valence-electron chi connectivity index (χ4n) is 1.74. The van der Waals surface area contributed by atoms with E-state index in [1.165, 1.54) is 18.2 Å². The van der Waals surface area contributed by atoms with E-state index in [9.17, 15) is 18.0 Å². The molecule has 0 bridgehead atoms. The van der Waals surface area contributed by atoms with Gasteiger partial charge in [0.15, 0.2) is 12.4 Å². The fraction of sp³-hybridized carbons (Fsp3) is 0.500. The number of esters is 1. The van der Waals surface area contributed by atoms with Gasteiger partial charge in [-0.05, 0) is 47.0 Å². The molecular weight excluding hydrogens is 398 g/mol. The van der Waals surface area contributed by atoms with Crippen molar-refractivity contribution in [1.82, 2.24) is 4.72 Å². The summed E-state index contributed by atoms with van der Waals surface area (Å²) in [7, 11) is -3.67. The molecule has 24 heavy (non-hydrogen) atoms. The molecule has 0 spiro atoms. The molecule has 6 nitrogen and oxygen atoms in total. The van der Waals surface area contributed by atoms with E-state index < -0.39 is 21.4 Å². The molecule has 0 radical (unpaired) electrons. The van der Waals surface area contributed by atoms with Gasteiger partial charge in [0.1, 0.15) is 0 Å². The fourth-order valence-corrected chi connectivity index (χ4v) is 3.48. The first-order valence-electron chi connectivity index (χ1n) is 7.53. The number of rotatable bonds is 6. The molecule has 132 valence electrons. The van der Waals surface area contributed by atoms with Crippen LogP contribution in [0.3, 0.4) is 0 Å². The summed E-state index contributed by atoms with van der Waals surface area (Å²) >= 11 is 3.21. The van der Waals surface area contributed by atoms with Gasteiger partial charge in [-0.3, -0.25) is 4.79 Å². The molecule has 1 fully saturated rings. The topological polar surface area (TPSA) is 89.5 Å². The molecule has 0 aliphatic heterocycles. The van der Waals surface area contributed by atoms with E-state index in [-0.39, 0.29) is 28.9 Å². The van der Waals surface area contributed by atoms with Crippen molar-refractivity contribution in [3.8, 4) is 0 Å². The van der Waals surface area contributed by atoms with E-state index in [2.05, 4.69) is 20.7 Å². The van der Waals surface area contributed by atoms with Gasteiger partial charge in [0.2, 0.25) is 10.0 Å². The Morgan fingerprint density at radius 3 is 2.46 bits per heavy atom. The van der Waals surface area contributed by atoms with Gasteiger partial charge in [0.05, 0.1) is 10.5 Å². The molecule has 0 atom stereocenters. The number of benzene rings is 1. The van der Waals surface area contributed by atoms with E-state index in [0.29, 0.717) is 4.47 Å². The van der Waals surface area contributed by atoms with Gasteiger partial charge in [0.25, 0.3) is 0 Å². The van der Waals surface area contributed by atoms with Crippen LogP contribution in [0.2, 0.25) is 0 Å². The molecule has 0 saturated heterocycles. The first-order valence-corrected chi connectivity index (χ1v) is 9.80. The first-order chi connectivity index (χ1) is 11.0. The Bertz CT molecular complexity index is 763. The average molecular weight is 418 g/mol. The molecular formula is C16H20BrNO5S. The average Bonchev–Trinajstić information content (AvgIpc) is 3.26. The minimum absolute atomic E-state index is 0.00769. The maximum absolute atomic E-state index is 12.2. The molecule has 2 rings (SSSR count). The number of hydrogen-bond donors (Lipinski definition) is 1. The third kappa shape index (κ3) is 4.87. The van der Waals surface area contributed by atoms with Crippen LogP contribution in [0.15, 0.2) is 27.6 Å². The highest BCUT2D eigenvalue weighted by atomic mass is 79.9. The van der Waals surface area contributed by atoms with Crippen molar-refractivity contribution in [2.75, 3.05) is 6.61 Å². The Morgan fingerprint density at radius 1 is 1.29 bits per heavy atom. The van der Waals surface area contributed by atoms with Crippen LogP contribution in [0.25, 0.3) is 0 Å². The second-order valence-electron chi connectivity index (χ2n) is 6.79. The van der Waals surface area contributed by atoms with Gasteiger partial charge in [-0.1, -0.05) is 20.8 Å². The van der Waals surface area contributed by atoms with Crippen LogP contribution in [0.5, 0.6) is 0 Å². The summed E-state index contributed by atoms with van der Waals surface area (Å²) in [5.74, 6) is -0.964. The Hall–Kier alpha value is -1.25. The predicted molar refractivity (Wildman–Crippen MR) is 92.2 cm³/mol. The second kappa shape index (κ2) is 6.93. The number of halogens is 1. The number of ketones is 1. The smallest absolute Gasteiger partial charge is 0.339 e. The Morgan fingerprint density at radius 2 is 1.92 bits per heavy atom. The molecule has 1 aromatic rings. The zero-order chi connectivity index (χ0) is 18.1. The highest BCUT2D eigenvalue weighted by Crippen LogP contribution is 2.25. The zero-order valence-corrected chi connectivity index (χ0v) is 16.2. The van der Waals surface area contributed by atoms with E-state index >= 15 is 0 Å². The summed E-state index contributed by atoms with van der Waals surface area (Å²) in [6, 6.07) is 4.10. The maximum atomic E-state index is 12.2. The van der Waals surface area contributed by atoms with Crippen molar-refractivity contribution < 1.29 is 22.7 Å². The number of sulfonamides is 1. The van der Waals surface area contributed by atoms with Crippen LogP contribution in [0.4, 0.5) is 0 Å². The third-order valence-electron chi connectivity index (χ3n) is 3.54. The molecule has 1 aromatic carbocycles. The summed E-state index contributed by atoms with van der Waals surface area (Å²) in [6.45, 7) is 4.84. The van der Waals surface area contributed by atoms with Crippen molar-refractivity contribution in [3.63, 3.8) is 0 Å². The van der Waals surface area contributed by atoms with Crippen molar-refractivity contribution in [2.24, 2.45) is 5.41 Å². The minimum atomic E-state index is -3.67. The summed E-state index contributed by atoms with van der Waals surface area (Å²) < 4.78 is 32.4. The quantitative estimate of drug-likeness (QED) is 0.718. The second-order valence-corrected chi connectivity index (χ2v) is 9.35. The summed E-state index contributed by atoms with van der Waals surface area (Å²) in [4.78, 5) is 24.0. The summed E-state index contributed by atoms with van der Waals surface area (Å²) in [5.41, 5.74) is -0.549. The number of Topliss-reactive ketones (excluding diaryl/α,β-unsaturated/α-hetero) is 1. The number of nitrogens with one attached hydrogen (secondary N) is 1. The van der Waals surface area contributed by atoms with E-state index in [0.717, 1.165) is 12.8 Å². The lowest BCUT2D eigenvalue weighted by molar-refractivity contribution is -0.129. The Labute approximate surface area is 150 Å². The van der Waals surface area contributed by atoms with Gasteiger partial charge in [-0.15, -0.1) is 0 Å². The molecule has 1 aliphatic carbocycles. The van der Waals surface area contributed by atoms with Gasteiger partial charge in [-0.25, -0.2) is 17.9 Å². The number of hydrogen-bond acceptors (Lipinski definition) is 5. The van der Waals surface area contributed by atoms with Crippen LogP contribution in [-0.2, 0) is 19.6 Å². The Balaban J connectivity index is 2.16. The largest absolute Gasteiger partial charge is 0.454 e. The molecule has 8 heteroatoms. The standard InChI is InChI=1S/C16H20BrNO5S/c1-16(2,3)14(19)9-23-15(20)12-8-11(6-7-13(12)17)24(21,22)18-10-4-5-10/h6-8,10,18H,4-5,9H2,1-3H3. The van der Waals surface area contributed by atoms with Crippen molar-refractivity contribution in [3.05, 3.63) is 28.2 Å². The number of carbonyl (C=O) groups excluding carboxylic acids is 2. The van der Waals surface area contributed by atoms with Crippen LogP contribution >= 0.6 is 15.9 Å². The van der Waals surface area contributed by atoms with Crippen molar-refractivity contribution in [1.29, 1.82) is 0 Å². The minimum Gasteiger partial charge on any atom is -0.454 e. The highest BCUT2D eigenvalue weighted by molar-refractivity contribution is 9.10. The molecule has 0 aromatic heterocycles. The molecule has 1 saturated carbocycles. The maximum Gasteiger partial charge on any atom is 0.339 e. The number of ether oxygens (including phenoxy) is 1. The molecule has 0 heterocycles. The van der Waals surface area contributed by atoms with Crippen molar-refractivity contribution >= 4 is 37.7 Å². The van der Waals surface area contributed by atoms with E-state index in [1.807, 2.05) is 0 Å². The van der Waals surface area contributed by atoms with Crippen LogP contribution < -0.4 is 4.72 Å². The lowest BCUT2D eigenvalue weighted by Crippen LogP contribution is -2.27. The lowest BCUT2D eigenvalue weighted by atomic mass is 9.91. The molecule has 1 N–H and O–H groups in total. The zero-order valence-electron chi connectivity index (χ0n) is 13.8. The van der Waals surface area contributed by atoms with E-state index in [1.54, 1.807) is 20.8 Å². The molecule has 0 unspecified atom stereocenters. The molecule has 0 amide bonds. The van der Waals surface area contributed by atoms with Gasteiger partial charge in [0, 0.05) is 15.9 Å². The predicted octanol–water partition coefficient (Wildman–Crippen LogP) is 2.66. The van der Waals surface area contributed by atoms with Gasteiger partial charge >= 0.3 is 5.97 Å². The summed E-state index contributed by atoms with van der Waals surface area (Å²) in [6.07, 6.45) is 1.64. The first kappa shape index (κ1) is 19.1. The SMILES string of the molecule is CC(C)(C)C(=O)COC(=O)c1cc(S(=O)(=O)NC2CC2)ccc1Br. The van der Waals surface area contributed by atoms with Gasteiger partial charge in [-0.2, -0.15) is 0 Å². The number of carbonyl (C=O) groups is 2. The molecule has 1 aliphatic rings. The highest BCUT2D eigenvalue weighted by Gasteiger charge is 2.29. The third-order valence-corrected chi connectivity index (χ3v) is 5.75. The van der Waals surface area contributed by atoms with E-state index in [4.69, 9.17) is 4.74 Å². The monoisotopic (exact) mass is 417 g/mol. The van der Waals surface area contributed by atoms with Crippen molar-refractivity contribution in [2.45, 2.75) is 44.6 Å². The normalized spacial score (nSPS) is 15.2. The lowest BCUT2D eigenvalue weighted by Gasteiger charge is -2.16. The van der Waals surface area contributed by atoms with Gasteiger partial charge < -0.3 is 4.74 Å².